The second-order valence-electron chi connectivity index (χ2n) is 6.19. The molecule has 26 heavy (non-hydrogen) atoms. The van der Waals surface area contributed by atoms with E-state index >= 15 is 0 Å². The van der Waals surface area contributed by atoms with E-state index in [2.05, 4.69) is 6.58 Å². The summed E-state index contributed by atoms with van der Waals surface area (Å²) in [5, 5.41) is 10.5. The third-order valence-corrected chi connectivity index (χ3v) is 4.37. The molecule has 2 aromatic rings. The zero-order valence-electron chi connectivity index (χ0n) is 15.0. The molecule has 3 unspecified atom stereocenters. The average molecular weight is 362 g/mol. The fourth-order valence-electron chi connectivity index (χ4n) is 2.68. The van der Waals surface area contributed by atoms with Gasteiger partial charge in [0.05, 0.1) is 25.9 Å². The van der Waals surface area contributed by atoms with Crippen LogP contribution in [0.3, 0.4) is 0 Å². The van der Waals surface area contributed by atoms with Crippen LogP contribution in [-0.4, -0.2) is 24.4 Å². The molecule has 3 atom stereocenters. The predicted molar refractivity (Wildman–Crippen MR) is 97.0 cm³/mol. The SMILES string of the molecule is C=CC(Cc1ccc(F)cc1F)C(O)C(C)OCc1ccc(OC)cc1. The van der Waals surface area contributed by atoms with E-state index in [0.717, 1.165) is 17.4 Å². The van der Waals surface area contributed by atoms with Crippen LogP contribution in [0.4, 0.5) is 8.78 Å². The van der Waals surface area contributed by atoms with Crippen LogP contribution in [0.25, 0.3) is 0 Å². The van der Waals surface area contributed by atoms with E-state index in [0.29, 0.717) is 12.2 Å². The molecule has 0 radical (unpaired) electrons. The molecular formula is C21H24F2O3. The second kappa shape index (κ2) is 9.46. The Morgan fingerprint density at radius 1 is 1.15 bits per heavy atom. The summed E-state index contributed by atoms with van der Waals surface area (Å²) >= 11 is 0. The Bertz CT molecular complexity index is 716. The Kier molecular flexibility index (Phi) is 7.30. The number of hydrogen-bond acceptors (Lipinski definition) is 3. The topological polar surface area (TPSA) is 38.7 Å². The van der Waals surface area contributed by atoms with E-state index in [1.54, 1.807) is 20.1 Å². The lowest BCUT2D eigenvalue weighted by atomic mass is 9.91. The molecule has 0 fully saturated rings. The summed E-state index contributed by atoms with van der Waals surface area (Å²) in [7, 11) is 1.60. The molecule has 140 valence electrons. The van der Waals surface area contributed by atoms with Gasteiger partial charge in [0, 0.05) is 12.0 Å². The van der Waals surface area contributed by atoms with Crippen molar-refractivity contribution < 1.29 is 23.4 Å². The highest BCUT2D eigenvalue weighted by atomic mass is 19.1. The molecule has 0 aliphatic rings. The molecule has 0 aliphatic heterocycles. The third kappa shape index (κ3) is 5.38. The van der Waals surface area contributed by atoms with Gasteiger partial charge in [-0.15, -0.1) is 6.58 Å². The average Bonchev–Trinajstić information content (AvgIpc) is 2.65. The summed E-state index contributed by atoms with van der Waals surface area (Å²) in [6.45, 7) is 5.81. The summed E-state index contributed by atoms with van der Waals surface area (Å²) < 4.78 is 37.7. The Balaban J connectivity index is 1.95. The molecule has 2 aromatic carbocycles. The van der Waals surface area contributed by atoms with Crippen molar-refractivity contribution in [3.63, 3.8) is 0 Å². The number of aliphatic hydroxyl groups excluding tert-OH is 1. The van der Waals surface area contributed by atoms with Crippen LogP contribution in [0.5, 0.6) is 5.75 Å². The smallest absolute Gasteiger partial charge is 0.129 e. The van der Waals surface area contributed by atoms with Crippen molar-refractivity contribution in [2.24, 2.45) is 5.92 Å². The quantitative estimate of drug-likeness (QED) is 0.677. The molecule has 2 rings (SSSR count). The van der Waals surface area contributed by atoms with Crippen LogP contribution in [0.1, 0.15) is 18.1 Å². The van der Waals surface area contributed by atoms with Gasteiger partial charge in [-0.3, -0.25) is 0 Å². The minimum Gasteiger partial charge on any atom is -0.497 e. The number of hydrogen-bond donors (Lipinski definition) is 1. The number of benzene rings is 2. The van der Waals surface area contributed by atoms with Crippen LogP contribution in [0, 0.1) is 17.6 Å². The van der Waals surface area contributed by atoms with Crippen molar-refractivity contribution in [2.45, 2.75) is 32.2 Å². The van der Waals surface area contributed by atoms with Gasteiger partial charge in [0.1, 0.15) is 17.4 Å². The third-order valence-electron chi connectivity index (χ3n) is 4.37. The minimum atomic E-state index is -0.866. The van der Waals surface area contributed by atoms with Crippen LogP contribution >= 0.6 is 0 Å². The van der Waals surface area contributed by atoms with E-state index < -0.39 is 29.8 Å². The Morgan fingerprint density at radius 2 is 1.85 bits per heavy atom. The zero-order chi connectivity index (χ0) is 19.1. The van der Waals surface area contributed by atoms with Gasteiger partial charge in [-0.1, -0.05) is 24.3 Å². The zero-order valence-corrected chi connectivity index (χ0v) is 15.0. The monoisotopic (exact) mass is 362 g/mol. The molecule has 0 heterocycles. The van der Waals surface area contributed by atoms with Crippen LogP contribution in [0.15, 0.2) is 55.1 Å². The second-order valence-corrected chi connectivity index (χ2v) is 6.19. The summed E-state index contributed by atoms with van der Waals surface area (Å²) in [6, 6.07) is 10.9. The van der Waals surface area contributed by atoms with Crippen LogP contribution in [-0.2, 0) is 17.8 Å². The largest absolute Gasteiger partial charge is 0.497 e. The van der Waals surface area contributed by atoms with Gasteiger partial charge in [0.15, 0.2) is 0 Å². The Morgan fingerprint density at radius 3 is 2.42 bits per heavy atom. The first-order valence-corrected chi connectivity index (χ1v) is 8.43. The fourth-order valence-corrected chi connectivity index (χ4v) is 2.68. The molecular weight excluding hydrogens is 338 g/mol. The lowest BCUT2D eigenvalue weighted by Gasteiger charge is -2.26. The number of aliphatic hydroxyl groups is 1. The first kappa shape index (κ1) is 20.1. The molecule has 0 aliphatic carbocycles. The first-order chi connectivity index (χ1) is 12.4. The van der Waals surface area contributed by atoms with Gasteiger partial charge >= 0.3 is 0 Å². The van der Waals surface area contributed by atoms with E-state index in [1.807, 2.05) is 24.3 Å². The highest BCUT2D eigenvalue weighted by molar-refractivity contribution is 5.26. The molecule has 0 saturated heterocycles. The summed E-state index contributed by atoms with van der Waals surface area (Å²) in [5.41, 5.74) is 1.28. The summed E-state index contributed by atoms with van der Waals surface area (Å²) in [4.78, 5) is 0. The summed E-state index contributed by atoms with van der Waals surface area (Å²) in [6.07, 6.45) is 0.437. The van der Waals surface area contributed by atoms with Crippen molar-refractivity contribution in [2.75, 3.05) is 7.11 Å². The van der Waals surface area contributed by atoms with Gasteiger partial charge < -0.3 is 14.6 Å². The van der Waals surface area contributed by atoms with Gasteiger partial charge in [-0.05, 0) is 42.7 Å². The van der Waals surface area contributed by atoms with Gasteiger partial charge in [-0.2, -0.15) is 0 Å². The van der Waals surface area contributed by atoms with E-state index in [9.17, 15) is 13.9 Å². The molecule has 0 aromatic heterocycles. The normalized spacial score (nSPS) is 14.5. The number of methoxy groups -OCH3 is 1. The Hall–Kier alpha value is -2.24. The highest BCUT2D eigenvalue weighted by Gasteiger charge is 2.24. The predicted octanol–water partition coefficient (Wildman–Crippen LogP) is 4.28. The number of halogens is 2. The highest BCUT2D eigenvalue weighted by Crippen LogP contribution is 2.21. The maximum Gasteiger partial charge on any atom is 0.129 e. The minimum absolute atomic E-state index is 0.215. The first-order valence-electron chi connectivity index (χ1n) is 8.43. The standard InChI is InChI=1S/C21H24F2O3/c1-4-16(11-17-7-8-18(22)12-20(17)23)21(24)14(2)26-13-15-5-9-19(25-3)10-6-15/h4-10,12,14,16,21,24H,1,11,13H2,2-3H3. The van der Waals surface area contributed by atoms with Crippen molar-refractivity contribution in [1.29, 1.82) is 0 Å². The van der Waals surface area contributed by atoms with E-state index in [4.69, 9.17) is 9.47 Å². The fraction of sp³-hybridized carbons (Fsp3) is 0.333. The van der Waals surface area contributed by atoms with Crippen molar-refractivity contribution >= 4 is 0 Å². The molecule has 0 saturated carbocycles. The molecule has 1 N–H and O–H groups in total. The molecule has 5 heteroatoms. The van der Waals surface area contributed by atoms with Crippen molar-refractivity contribution in [1.82, 2.24) is 0 Å². The van der Waals surface area contributed by atoms with Gasteiger partial charge in [0.25, 0.3) is 0 Å². The number of rotatable bonds is 9. The maximum atomic E-state index is 13.8. The molecule has 0 amide bonds. The van der Waals surface area contributed by atoms with Crippen molar-refractivity contribution in [3.05, 3.63) is 77.9 Å². The van der Waals surface area contributed by atoms with Crippen LogP contribution < -0.4 is 4.74 Å². The molecule has 3 nitrogen and oxygen atoms in total. The lowest BCUT2D eigenvalue weighted by molar-refractivity contribution is -0.0514. The summed E-state index contributed by atoms with van der Waals surface area (Å²) in [5.74, 6) is -0.912. The van der Waals surface area contributed by atoms with Gasteiger partial charge in [0.2, 0.25) is 0 Å². The molecule has 0 bridgehead atoms. The van der Waals surface area contributed by atoms with Crippen LogP contribution in [0.2, 0.25) is 0 Å². The number of ether oxygens (including phenoxy) is 2. The maximum absolute atomic E-state index is 13.8. The van der Waals surface area contributed by atoms with Crippen molar-refractivity contribution in [3.8, 4) is 5.75 Å². The Labute approximate surface area is 152 Å². The lowest BCUT2D eigenvalue weighted by Crippen LogP contribution is -2.33. The molecule has 0 spiro atoms. The van der Waals surface area contributed by atoms with E-state index in [1.165, 1.54) is 12.1 Å². The van der Waals surface area contributed by atoms with E-state index in [-0.39, 0.29) is 6.42 Å². The van der Waals surface area contributed by atoms with Gasteiger partial charge in [-0.25, -0.2) is 8.78 Å².